The largest absolute Gasteiger partial charge is 0.326 e. The number of hydrogen-bond acceptors (Lipinski definition) is 4. The van der Waals surface area contributed by atoms with Gasteiger partial charge < -0.3 is 5.73 Å². The number of anilines is 1. The highest BCUT2D eigenvalue weighted by Crippen LogP contribution is 2.32. The van der Waals surface area contributed by atoms with E-state index in [4.69, 9.17) is 17.3 Å². The first-order valence-electron chi connectivity index (χ1n) is 5.18. The zero-order chi connectivity index (χ0) is 14.0. The Morgan fingerprint density at radius 3 is 2.79 bits per heavy atom. The van der Waals surface area contributed by atoms with Crippen molar-refractivity contribution in [2.75, 3.05) is 4.72 Å². The van der Waals surface area contributed by atoms with Crippen LogP contribution in [0.25, 0.3) is 0 Å². The second-order valence-corrected chi connectivity index (χ2v) is 7.71. The molecule has 1 aromatic heterocycles. The van der Waals surface area contributed by atoms with E-state index in [2.05, 4.69) is 20.7 Å². The maximum atomic E-state index is 12.2. The second kappa shape index (κ2) is 5.80. The van der Waals surface area contributed by atoms with Gasteiger partial charge in [0.25, 0.3) is 10.0 Å². The normalized spacial score (nSPS) is 11.5. The molecule has 2 rings (SSSR count). The first kappa shape index (κ1) is 14.8. The monoisotopic (exact) mass is 380 g/mol. The molecule has 0 fully saturated rings. The molecule has 0 amide bonds. The predicted octanol–water partition coefficient (Wildman–Crippen LogP) is 3.42. The summed E-state index contributed by atoms with van der Waals surface area (Å²) in [6.07, 6.45) is 0. The third kappa shape index (κ3) is 3.29. The molecule has 0 unspecified atom stereocenters. The molecule has 0 saturated carbocycles. The van der Waals surface area contributed by atoms with Gasteiger partial charge in [-0.25, -0.2) is 8.42 Å². The minimum atomic E-state index is -3.62. The van der Waals surface area contributed by atoms with Crippen molar-refractivity contribution in [2.24, 2.45) is 5.73 Å². The summed E-state index contributed by atoms with van der Waals surface area (Å²) >= 11 is 10.3. The van der Waals surface area contributed by atoms with Crippen molar-refractivity contribution in [1.82, 2.24) is 0 Å². The fourth-order valence-electron chi connectivity index (χ4n) is 1.38. The fourth-order valence-corrected chi connectivity index (χ4v) is 4.34. The molecule has 0 aliphatic heterocycles. The Morgan fingerprint density at radius 1 is 1.42 bits per heavy atom. The molecule has 8 heteroatoms. The lowest BCUT2D eigenvalue weighted by Crippen LogP contribution is -2.12. The highest BCUT2D eigenvalue weighted by Gasteiger charge is 2.18. The smallest absolute Gasteiger partial charge is 0.271 e. The van der Waals surface area contributed by atoms with Gasteiger partial charge in [0, 0.05) is 6.54 Å². The van der Waals surface area contributed by atoms with Crippen LogP contribution in [-0.2, 0) is 16.6 Å². The van der Waals surface area contributed by atoms with E-state index in [-0.39, 0.29) is 4.21 Å². The molecule has 0 bridgehead atoms. The average molecular weight is 382 g/mol. The van der Waals surface area contributed by atoms with Gasteiger partial charge in [-0.1, -0.05) is 17.7 Å². The first-order chi connectivity index (χ1) is 8.94. The summed E-state index contributed by atoms with van der Waals surface area (Å²) in [5, 5.41) is 2.16. The van der Waals surface area contributed by atoms with Crippen LogP contribution < -0.4 is 10.5 Å². The predicted molar refractivity (Wildman–Crippen MR) is 82.2 cm³/mol. The number of nitrogens with two attached hydrogens (primary N) is 1. The number of halogens is 2. The first-order valence-corrected chi connectivity index (χ1v) is 8.71. The lowest BCUT2D eigenvalue weighted by atomic mass is 10.3. The molecule has 0 saturated heterocycles. The molecule has 0 aliphatic carbocycles. The highest BCUT2D eigenvalue weighted by atomic mass is 79.9. The summed E-state index contributed by atoms with van der Waals surface area (Å²) in [7, 11) is -3.62. The Balaban J connectivity index is 2.33. The average Bonchev–Trinajstić information content (AvgIpc) is 2.84. The molecule has 19 heavy (non-hydrogen) atoms. The van der Waals surface area contributed by atoms with Crippen LogP contribution in [0.4, 0.5) is 5.69 Å². The van der Waals surface area contributed by atoms with E-state index in [1.807, 2.05) is 0 Å². The maximum absolute atomic E-state index is 12.2. The van der Waals surface area contributed by atoms with Crippen molar-refractivity contribution in [2.45, 2.75) is 10.8 Å². The van der Waals surface area contributed by atoms with Gasteiger partial charge in [0.1, 0.15) is 4.21 Å². The zero-order valence-corrected chi connectivity index (χ0v) is 13.5. The number of rotatable bonds is 4. The van der Waals surface area contributed by atoms with Crippen molar-refractivity contribution in [1.29, 1.82) is 0 Å². The van der Waals surface area contributed by atoms with Crippen LogP contribution in [0, 0.1) is 0 Å². The second-order valence-electron chi connectivity index (χ2n) is 3.68. The lowest BCUT2D eigenvalue weighted by Gasteiger charge is -2.09. The van der Waals surface area contributed by atoms with Gasteiger partial charge in [-0.3, -0.25) is 4.72 Å². The van der Waals surface area contributed by atoms with E-state index in [0.29, 0.717) is 21.7 Å². The van der Waals surface area contributed by atoms with Crippen molar-refractivity contribution in [3.63, 3.8) is 0 Å². The van der Waals surface area contributed by atoms with Gasteiger partial charge in [-0.05, 0) is 45.1 Å². The molecule has 0 spiro atoms. The Kier molecular flexibility index (Phi) is 4.52. The lowest BCUT2D eigenvalue weighted by molar-refractivity contribution is 0.603. The standard InChI is InChI=1S/C11H10BrClN2O2S2/c12-11-8(13)2-1-3-9(11)15-19(16,17)10-4-7(5-14)6-18-10/h1-4,6,15H,5,14H2. The Labute approximate surface area is 128 Å². The van der Waals surface area contributed by atoms with Gasteiger partial charge in [0.15, 0.2) is 0 Å². The summed E-state index contributed by atoms with van der Waals surface area (Å²) in [5.74, 6) is 0. The third-order valence-corrected chi connectivity index (χ3v) is 6.58. The van der Waals surface area contributed by atoms with E-state index in [9.17, 15) is 8.42 Å². The van der Waals surface area contributed by atoms with Crippen molar-refractivity contribution in [3.8, 4) is 0 Å². The summed E-state index contributed by atoms with van der Waals surface area (Å²) in [6, 6.07) is 6.53. The van der Waals surface area contributed by atoms with E-state index >= 15 is 0 Å². The molecule has 0 radical (unpaired) electrons. The van der Waals surface area contributed by atoms with E-state index in [1.165, 1.54) is 0 Å². The van der Waals surface area contributed by atoms with Crippen LogP contribution in [0.5, 0.6) is 0 Å². The van der Waals surface area contributed by atoms with Gasteiger partial charge >= 0.3 is 0 Å². The van der Waals surface area contributed by atoms with Gasteiger partial charge in [-0.2, -0.15) is 0 Å². The number of hydrogen-bond donors (Lipinski definition) is 2. The fraction of sp³-hybridized carbons (Fsp3) is 0.0909. The van der Waals surface area contributed by atoms with E-state index in [0.717, 1.165) is 16.9 Å². The molecule has 1 aromatic carbocycles. The third-order valence-electron chi connectivity index (χ3n) is 2.33. The van der Waals surface area contributed by atoms with Crippen LogP contribution in [-0.4, -0.2) is 8.42 Å². The van der Waals surface area contributed by atoms with Crippen molar-refractivity contribution < 1.29 is 8.42 Å². The summed E-state index contributed by atoms with van der Waals surface area (Å²) in [5.41, 5.74) is 6.66. The van der Waals surface area contributed by atoms with Gasteiger partial charge in [0.2, 0.25) is 0 Å². The summed E-state index contributed by atoms with van der Waals surface area (Å²) in [4.78, 5) is 0. The Hall–Kier alpha value is -0.600. The van der Waals surface area contributed by atoms with Crippen LogP contribution in [0.2, 0.25) is 5.02 Å². The Bertz CT molecular complexity index is 700. The number of benzene rings is 1. The molecule has 4 nitrogen and oxygen atoms in total. The molecular formula is C11H10BrClN2O2S2. The summed E-state index contributed by atoms with van der Waals surface area (Å²) < 4.78 is 27.6. The molecule has 102 valence electrons. The van der Waals surface area contributed by atoms with E-state index < -0.39 is 10.0 Å². The molecule has 0 atom stereocenters. The molecule has 1 heterocycles. The number of nitrogens with one attached hydrogen (secondary N) is 1. The van der Waals surface area contributed by atoms with Crippen LogP contribution in [0.15, 0.2) is 38.3 Å². The maximum Gasteiger partial charge on any atom is 0.271 e. The minimum absolute atomic E-state index is 0.222. The zero-order valence-electron chi connectivity index (χ0n) is 9.56. The Morgan fingerprint density at radius 2 is 2.16 bits per heavy atom. The number of thiophene rings is 1. The quantitative estimate of drug-likeness (QED) is 0.852. The van der Waals surface area contributed by atoms with Gasteiger partial charge in [-0.15, -0.1) is 11.3 Å². The van der Waals surface area contributed by atoms with Crippen molar-refractivity contribution in [3.05, 3.63) is 44.7 Å². The van der Waals surface area contributed by atoms with E-state index in [1.54, 1.807) is 29.6 Å². The van der Waals surface area contributed by atoms with Crippen molar-refractivity contribution >= 4 is 54.6 Å². The summed E-state index contributed by atoms with van der Waals surface area (Å²) in [6.45, 7) is 0.312. The molecule has 2 aromatic rings. The topological polar surface area (TPSA) is 72.2 Å². The van der Waals surface area contributed by atoms with Crippen LogP contribution in [0.1, 0.15) is 5.56 Å². The number of sulfonamides is 1. The van der Waals surface area contributed by atoms with Gasteiger partial charge in [0.05, 0.1) is 15.2 Å². The van der Waals surface area contributed by atoms with Crippen LogP contribution in [0.3, 0.4) is 0 Å². The van der Waals surface area contributed by atoms with Crippen LogP contribution >= 0.6 is 38.9 Å². The minimum Gasteiger partial charge on any atom is -0.326 e. The molecular weight excluding hydrogens is 372 g/mol. The highest BCUT2D eigenvalue weighted by molar-refractivity contribution is 9.10. The molecule has 3 N–H and O–H groups in total. The molecule has 0 aliphatic rings. The SMILES string of the molecule is NCc1csc(S(=O)(=O)Nc2cccc(Cl)c2Br)c1.